The molecule has 7 heteroatoms. The Morgan fingerprint density at radius 3 is 2.30 bits per heavy atom. The number of aliphatic imine (C=N–C) groups is 1. The highest BCUT2D eigenvalue weighted by Crippen LogP contribution is 2.30. The molecule has 1 aliphatic rings. The molecule has 3 rings (SSSR count). The van der Waals surface area contributed by atoms with Crippen LogP contribution in [0, 0.1) is 5.92 Å². The van der Waals surface area contributed by atoms with E-state index in [4.69, 9.17) is 38.7 Å². The summed E-state index contributed by atoms with van der Waals surface area (Å²) in [6.07, 6.45) is 1.24. The number of halogens is 2. The van der Waals surface area contributed by atoms with Crippen LogP contribution in [0.3, 0.4) is 0 Å². The molecule has 33 heavy (non-hydrogen) atoms. The topological polar surface area (TPSA) is 67.9 Å². The number of likely N-dealkylation sites (tertiary alicyclic amines) is 1. The van der Waals surface area contributed by atoms with Crippen LogP contribution in [-0.2, 0) is 4.74 Å². The van der Waals surface area contributed by atoms with Crippen molar-refractivity contribution in [2.24, 2.45) is 16.6 Å². The minimum atomic E-state index is -0.510. The van der Waals surface area contributed by atoms with Gasteiger partial charge in [-0.2, -0.15) is 0 Å². The van der Waals surface area contributed by atoms with E-state index in [1.165, 1.54) is 0 Å². The Bertz CT molecular complexity index is 1050. The molecule has 0 saturated carbocycles. The molecular formula is C26H31Cl2N3O2. The molecule has 0 spiro atoms. The van der Waals surface area contributed by atoms with E-state index in [1.807, 2.05) is 64.1 Å². The second-order valence-corrected chi connectivity index (χ2v) is 10.1. The van der Waals surface area contributed by atoms with Crippen LogP contribution in [0.25, 0.3) is 0 Å². The van der Waals surface area contributed by atoms with Gasteiger partial charge in [0.1, 0.15) is 5.60 Å². The van der Waals surface area contributed by atoms with Gasteiger partial charge in [0.05, 0.1) is 16.4 Å². The molecule has 2 N–H and O–H groups in total. The summed E-state index contributed by atoms with van der Waals surface area (Å²) in [5, 5.41) is 1.08. The Kier molecular flexibility index (Phi) is 8.09. The Morgan fingerprint density at radius 1 is 1.09 bits per heavy atom. The van der Waals surface area contributed by atoms with Crippen molar-refractivity contribution >= 4 is 40.7 Å². The molecule has 0 bridgehead atoms. The molecule has 1 heterocycles. The molecule has 1 saturated heterocycles. The number of para-hydroxylation sites is 1. The van der Waals surface area contributed by atoms with E-state index in [0.29, 0.717) is 23.1 Å². The van der Waals surface area contributed by atoms with Crippen LogP contribution in [0.15, 0.2) is 64.8 Å². The summed E-state index contributed by atoms with van der Waals surface area (Å²) in [6, 6.07) is 15.1. The third-order valence-corrected chi connectivity index (χ3v) is 6.11. The third-order valence-electron chi connectivity index (χ3n) is 5.56. The molecular weight excluding hydrogens is 457 g/mol. The minimum Gasteiger partial charge on any atom is -0.444 e. The molecule has 2 aromatic rings. The van der Waals surface area contributed by atoms with Gasteiger partial charge >= 0.3 is 6.09 Å². The number of hydrogen-bond donors (Lipinski definition) is 1. The number of benzene rings is 2. The fraction of sp³-hybridized carbons (Fsp3) is 0.385. The second kappa shape index (κ2) is 10.6. The number of piperidine rings is 1. The molecule has 0 radical (unpaired) electrons. The van der Waals surface area contributed by atoms with Crippen LogP contribution in [0.4, 0.5) is 10.5 Å². The Morgan fingerprint density at radius 2 is 1.73 bits per heavy atom. The highest BCUT2D eigenvalue weighted by atomic mass is 35.5. The number of amides is 1. The van der Waals surface area contributed by atoms with Crippen molar-refractivity contribution in [3.8, 4) is 0 Å². The van der Waals surface area contributed by atoms with Gasteiger partial charge in [-0.25, -0.2) is 9.79 Å². The van der Waals surface area contributed by atoms with Crippen molar-refractivity contribution in [1.29, 1.82) is 0 Å². The standard InChI is InChI=1S/C26H31Cl2N3O2/c1-17(23(29)18-12-14-31(15-13-18)25(32)33-26(2,3)4)24(30-20-8-6-5-7-9-20)21-11-10-19(27)16-22(21)28/h5-11,16,18H,12-15,29H2,1-4H3/b23-17-,30-24?. The van der Waals surface area contributed by atoms with Crippen LogP contribution in [-0.4, -0.2) is 35.4 Å². The number of nitrogens with two attached hydrogens (primary N) is 1. The summed E-state index contributed by atoms with van der Waals surface area (Å²) in [5.74, 6) is 0.135. The van der Waals surface area contributed by atoms with Crippen molar-refractivity contribution in [2.45, 2.75) is 46.1 Å². The van der Waals surface area contributed by atoms with Gasteiger partial charge in [0, 0.05) is 35.3 Å². The Hall–Kier alpha value is -2.50. The summed E-state index contributed by atoms with van der Waals surface area (Å²) in [6.45, 7) is 8.79. The largest absolute Gasteiger partial charge is 0.444 e. The predicted octanol–water partition coefficient (Wildman–Crippen LogP) is 6.99. The van der Waals surface area contributed by atoms with E-state index in [1.54, 1.807) is 17.0 Å². The zero-order chi connectivity index (χ0) is 24.2. The molecule has 0 atom stereocenters. The van der Waals surface area contributed by atoms with Crippen molar-refractivity contribution in [3.63, 3.8) is 0 Å². The van der Waals surface area contributed by atoms with Crippen LogP contribution < -0.4 is 5.73 Å². The van der Waals surface area contributed by atoms with Crippen LogP contribution in [0.1, 0.15) is 46.1 Å². The lowest BCUT2D eigenvalue weighted by molar-refractivity contribution is 0.0194. The van der Waals surface area contributed by atoms with Crippen molar-refractivity contribution < 1.29 is 9.53 Å². The maximum absolute atomic E-state index is 12.4. The average Bonchev–Trinajstić information content (AvgIpc) is 2.76. The van der Waals surface area contributed by atoms with Gasteiger partial charge in [-0.1, -0.05) is 41.4 Å². The first kappa shape index (κ1) is 25.1. The first-order valence-corrected chi connectivity index (χ1v) is 11.8. The lowest BCUT2D eigenvalue weighted by Crippen LogP contribution is -2.42. The third kappa shape index (κ3) is 6.75. The van der Waals surface area contributed by atoms with Crippen molar-refractivity contribution in [1.82, 2.24) is 4.90 Å². The average molecular weight is 488 g/mol. The summed E-state index contributed by atoms with van der Waals surface area (Å²) < 4.78 is 5.50. The zero-order valence-electron chi connectivity index (χ0n) is 19.6. The van der Waals surface area contributed by atoms with Crippen molar-refractivity contribution in [3.05, 3.63) is 75.4 Å². The Balaban J connectivity index is 1.88. The van der Waals surface area contributed by atoms with Gasteiger partial charge in [-0.15, -0.1) is 0 Å². The van der Waals surface area contributed by atoms with E-state index in [2.05, 4.69) is 0 Å². The Labute approximate surface area is 206 Å². The van der Waals surface area contributed by atoms with E-state index in [0.717, 1.165) is 41.1 Å². The number of carbonyl (C=O) groups is 1. The number of hydrogen-bond acceptors (Lipinski definition) is 4. The zero-order valence-corrected chi connectivity index (χ0v) is 21.1. The van der Waals surface area contributed by atoms with E-state index < -0.39 is 5.60 Å². The molecule has 1 fully saturated rings. The predicted molar refractivity (Wildman–Crippen MR) is 137 cm³/mol. The molecule has 176 valence electrons. The maximum atomic E-state index is 12.4. The normalized spacial score (nSPS) is 16.4. The van der Waals surface area contributed by atoms with Gasteiger partial charge < -0.3 is 15.4 Å². The summed E-state index contributed by atoms with van der Waals surface area (Å²) >= 11 is 12.7. The minimum absolute atomic E-state index is 0.135. The van der Waals surface area contributed by atoms with E-state index in [-0.39, 0.29) is 12.0 Å². The number of ether oxygens (including phenoxy) is 1. The quantitative estimate of drug-likeness (QED) is 0.472. The number of nitrogens with zero attached hydrogens (tertiary/aromatic N) is 2. The number of carbonyl (C=O) groups excluding carboxylic acids is 1. The second-order valence-electron chi connectivity index (χ2n) is 9.24. The van der Waals surface area contributed by atoms with Gasteiger partial charge in [0.2, 0.25) is 0 Å². The SMILES string of the molecule is C/C(C(=Nc1ccccc1)c1ccc(Cl)cc1Cl)=C(/N)C1CCN(C(=O)OC(C)(C)C)CC1. The summed E-state index contributed by atoms with van der Waals surface area (Å²) in [5.41, 5.74) is 10.1. The molecule has 2 aromatic carbocycles. The first-order valence-electron chi connectivity index (χ1n) is 11.1. The molecule has 1 amide bonds. The summed E-state index contributed by atoms with van der Waals surface area (Å²) in [4.78, 5) is 19.0. The van der Waals surface area contributed by atoms with Crippen LogP contribution in [0.2, 0.25) is 10.0 Å². The highest BCUT2D eigenvalue weighted by Gasteiger charge is 2.29. The van der Waals surface area contributed by atoms with Gasteiger partial charge in [-0.05, 0) is 76.4 Å². The fourth-order valence-corrected chi connectivity index (χ4v) is 4.30. The van der Waals surface area contributed by atoms with E-state index >= 15 is 0 Å². The number of rotatable bonds is 4. The van der Waals surface area contributed by atoms with Crippen molar-refractivity contribution in [2.75, 3.05) is 13.1 Å². The summed E-state index contributed by atoms with van der Waals surface area (Å²) in [7, 11) is 0. The number of allylic oxidation sites excluding steroid dienone is 2. The lowest BCUT2D eigenvalue weighted by atomic mass is 9.89. The van der Waals surface area contributed by atoms with Gasteiger partial charge in [0.25, 0.3) is 0 Å². The van der Waals surface area contributed by atoms with Crippen LogP contribution >= 0.6 is 23.2 Å². The lowest BCUT2D eigenvalue weighted by Gasteiger charge is -2.34. The fourth-order valence-electron chi connectivity index (χ4n) is 3.80. The van der Waals surface area contributed by atoms with Crippen LogP contribution in [0.5, 0.6) is 0 Å². The molecule has 1 aliphatic heterocycles. The first-order chi connectivity index (χ1) is 15.5. The van der Waals surface area contributed by atoms with E-state index in [9.17, 15) is 4.79 Å². The molecule has 0 aromatic heterocycles. The smallest absolute Gasteiger partial charge is 0.410 e. The molecule has 0 unspecified atom stereocenters. The monoisotopic (exact) mass is 487 g/mol. The molecule has 0 aliphatic carbocycles. The van der Waals surface area contributed by atoms with Gasteiger partial charge in [-0.3, -0.25) is 0 Å². The van der Waals surface area contributed by atoms with Gasteiger partial charge in [0.15, 0.2) is 0 Å². The highest BCUT2D eigenvalue weighted by molar-refractivity contribution is 6.38. The molecule has 5 nitrogen and oxygen atoms in total. The maximum Gasteiger partial charge on any atom is 0.410 e.